The maximum atomic E-state index is 10.4. The van der Waals surface area contributed by atoms with Gasteiger partial charge in [0.25, 0.3) is 0 Å². The Morgan fingerprint density at radius 3 is 2.83 bits per heavy atom. The van der Waals surface area contributed by atoms with Crippen molar-refractivity contribution in [3.8, 4) is 0 Å². The van der Waals surface area contributed by atoms with Crippen LogP contribution in [-0.4, -0.2) is 22.4 Å². The average molecular weight is 246 g/mol. The lowest BCUT2D eigenvalue weighted by molar-refractivity contribution is -0.402. The lowest BCUT2D eigenvalue weighted by Gasteiger charge is -2.33. The average Bonchev–Trinajstić information content (AvgIpc) is 2.39. The van der Waals surface area contributed by atoms with E-state index in [1.54, 1.807) is 6.08 Å². The second kappa shape index (κ2) is 6.31. The summed E-state index contributed by atoms with van der Waals surface area (Å²) < 4.78 is 0. The monoisotopic (exact) mass is 246 g/mol. The fourth-order valence-electron chi connectivity index (χ4n) is 2.42. The molecule has 0 aliphatic carbocycles. The summed E-state index contributed by atoms with van der Waals surface area (Å²) in [4.78, 5) is 12.3. The summed E-state index contributed by atoms with van der Waals surface area (Å²) in [6.45, 7) is 1.88. The molecule has 0 aromatic heterocycles. The van der Waals surface area contributed by atoms with Gasteiger partial charge in [-0.3, -0.25) is 15.0 Å². The van der Waals surface area contributed by atoms with Gasteiger partial charge in [0.2, 0.25) is 6.20 Å². The molecule has 0 spiro atoms. The predicted octanol–water partition coefficient (Wildman–Crippen LogP) is 2.83. The molecule has 1 atom stereocenters. The van der Waals surface area contributed by atoms with E-state index in [4.69, 9.17) is 0 Å². The van der Waals surface area contributed by atoms with Gasteiger partial charge in [0.05, 0.1) is 4.92 Å². The minimum absolute atomic E-state index is 0.198. The molecule has 18 heavy (non-hydrogen) atoms. The van der Waals surface area contributed by atoms with E-state index < -0.39 is 0 Å². The zero-order valence-electron chi connectivity index (χ0n) is 10.4. The Balaban J connectivity index is 2.01. The molecule has 1 saturated heterocycles. The lowest BCUT2D eigenvalue weighted by Crippen LogP contribution is -2.37. The smallest absolute Gasteiger partial charge is 0.232 e. The van der Waals surface area contributed by atoms with Crippen LogP contribution in [0.1, 0.15) is 24.8 Å². The summed E-state index contributed by atoms with van der Waals surface area (Å²) in [6, 6.07) is 10.5. The van der Waals surface area contributed by atoms with Gasteiger partial charge in [-0.15, -0.1) is 0 Å². The van der Waals surface area contributed by atoms with Crippen LogP contribution in [-0.2, 0) is 6.54 Å². The van der Waals surface area contributed by atoms with Crippen molar-refractivity contribution < 1.29 is 4.92 Å². The van der Waals surface area contributed by atoms with Crippen molar-refractivity contribution in [2.24, 2.45) is 0 Å². The molecule has 1 fully saturated rings. The Morgan fingerprint density at radius 2 is 2.11 bits per heavy atom. The molecule has 1 aliphatic heterocycles. The summed E-state index contributed by atoms with van der Waals surface area (Å²) in [7, 11) is 0. The van der Waals surface area contributed by atoms with Gasteiger partial charge in [0, 0.05) is 18.7 Å². The van der Waals surface area contributed by atoms with Crippen LogP contribution < -0.4 is 0 Å². The van der Waals surface area contributed by atoms with Crippen LogP contribution in [0.3, 0.4) is 0 Å². The SMILES string of the molecule is O=[N+]([O-])/C=C/C1CCCCN1Cc1ccccc1. The maximum absolute atomic E-state index is 10.4. The zero-order chi connectivity index (χ0) is 12.8. The van der Waals surface area contributed by atoms with Crippen LogP contribution in [0.15, 0.2) is 42.6 Å². The second-order valence-electron chi connectivity index (χ2n) is 4.65. The first-order valence-corrected chi connectivity index (χ1v) is 6.35. The van der Waals surface area contributed by atoms with Crippen LogP contribution >= 0.6 is 0 Å². The second-order valence-corrected chi connectivity index (χ2v) is 4.65. The summed E-state index contributed by atoms with van der Waals surface area (Å²) in [6.07, 6.45) is 6.14. The minimum atomic E-state index is -0.380. The van der Waals surface area contributed by atoms with Crippen LogP contribution in [0.4, 0.5) is 0 Å². The molecule has 1 aromatic rings. The molecular weight excluding hydrogens is 228 g/mol. The Kier molecular flexibility index (Phi) is 4.47. The highest BCUT2D eigenvalue weighted by molar-refractivity contribution is 5.15. The highest BCUT2D eigenvalue weighted by Gasteiger charge is 2.20. The molecule has 1 heterocycles. The van der Waals surface area contributed by atoms with Gasteiger partial charge in [-0.1, -0.05) is 36.8 Å². The highest BCUT2D eigenvalue weighted by Crippen LogP contribution is 2.20. The molecule has 0 bridgehead atoms. The third kappa shape index (κ3) is 3.67. The number of hydrogen-bond acceptors (Lipinski definition) is 3. The molecular formula is C14H18N2O2. The van der Waals surface area contributed by atoms with Crippen molar-refractivity contribution in [1.29, 1.82) is 0 Å². The van der Waals surface area contributed by atoms with E-state index in [0.717, 1.165) is 32.1 Å². The van der Waals surface area contributed by atoms with Crippen molar-refractivity contribution >= 4 is 0 Å². The van der Waals surface area contributed by atoms with Crippen molar-refractivity contribution in [3.05, 3.63) is 58.3 Å². The number of piperidine rings is 1. The van der Waals surface area contributed by atoms with E-state index >= 15 is 0 Å². The van der Waals surface area contributed by atoms with Crippen LogP contribution in [0.5, 0.6) is 0 Å². The van der Waals surface area contributed by atoms with E-state index in [-0.39, 0.29) is 11.0 Å². The zero-order valence-corrected chi connectivity index (χ0v) is 10.4. The van der Waals surface area contributed by atoms with Crippen LogP contribution in [0, 0.1) is 10.1 Å². The standard InChI is InChI=1S/C14H18N2O2/c17-16(18)11-9-14-8-4-5-10-15(14)12-13-6-2-1-3-7-13/h1-3,6-7,9,11,14H,4-5,8,10,12H2/b11-9+. The first-order valence-electron chi connectivity index (χ1n) is 6.35. The molecule has 0 N–H and O–H groups in total. The molecule has 0 saturated carbocycles. The van der Waals surface area contributed by atoms with Gasteiger partial charge in [-0.05, 0) is 24.9 Å². The fraction of sp³-hybridized carbons (Fsp3) is 0.429. The Hall–Kier alpha value is -1.68. The number of hydrogen-bond donors (Lipinski definition) is 0. The van der Waals surface area contributed by atoms with Gasteiger partial charge in [0.1, 0.15) is 0 Å². The Morgan fingerprint density at radius 1 is 1.33 bits per heavy atom. The van der Waals surface area contributed by atoms with Crippen LogP contribution in [0.25, 0.3) is 0 Å². The Bertz CT molecular complexity index is 417. The summed E-state index contributed by atoms with van der Waals surface area (Å²) in [5.74, 6) is 0. The lowest BCUT2D eigenvalue weighted by atomic mass is 10.0. The molecule has 4 nitrogen and oxygen atoms in total. The topological polar surface area (TPSA) is 46.4 Å². The molecule has 2 rings (SSSR count). The maximum Gasteiger partial charge on any atom is 0.232 e. The molecule has 0 amide bonds. The van der Waals surface area contributed by atoms with Crippen molar-refractivity contribution in [1.82, 2.24) is 4.90 Å². The highest BCUT2D eigenvalue weighted by atomic mass is 16.6. The predicted molar refractivity (Wildman–Crippen MR) is 70.6 cm³/mol. The third-order valence-corrected chi connectivity index (χ3v) is 3.32. The van der Waals surface area contributed by atoms with E-state index in [0.29, 0.717) is 0 Å². The van der Waals surface area contributed by atoms with E-state index in [1.807, 2.05) is 18.2 Å². The van der Waals surface area contributed by atoms with Crippen molar-refractivity contribution in [2.75, 3.05) is 6.54 Å². The molecule has 4 heteroatoms. The fourth-order valence-corrected chi connectivity index (χ4v) is 2.42. The van der Waals surface area contributed by atoms with Crippen LogP contribution in [0.2, 0.25) is 0 Å². The van der Waals surface area contributed by atoms with Crippen molar-refractivity contribution in [3.63, 3.8) is 0 Å². The summed E-state index contributed by atoms with van der Waals surface area (Å²) in [5, 5.41) is 10.4. The van der Waals surface area contributed by atoms with E-state index in [9.17, 15) is 10.1 Å². The van der Waals surface area contributed by atoms with Gasteiger partial charge >= 0.3 is 0 Å². The normalized spacial score (nSPS) is 21.2. The van der Waals surface area contributed by atoms with E-state index in [1.165, 1.54) is 12.0 Å². The summed E-state index contributed by atoms with van der Waals surface area (Å²) >= 11 is 0. The Labute approximate surface area is 107 Å². The minimum Gasteiger partial charge on any atom is -0.292 e. The van der Waals surface area contributed by atoms with Gasteiger partial charge in [-0.2, -0.15) is 0 Å². The van der Waals surface area contributed by atoms with Gasteiger partial charge in [-0.25, -0.2) is 0 Å². The van der Waals surface area contributed by atoms with Gasteiger partial charge in [0.15, 0.2) is 0 Å². The molecule has 1 aliphatic rings. The molecule has 1 aromatic carbocycles. The molecule has 1 unspecified atom stereocenters. The summed E-state index contributed by atoms with van der Waals surface area (Å²) in [5.41, 5.74) is 1.26. The first kappa shape index (κ1) is 12.8. The number of nitrogens with zero attached hydrogens (tertiary/aromatic N) is 2. The van der Waals surface area contributed by atoms with Gasteiger partial charge < -0.3 is 0 Å². The first-order chi connectivity index (χ1) is 8.75. The van der Waals surface area contributed by atoms with Crippen molar-refractivity contribution in [2.45, 2.75) is 31.8 Å². The number of likely N-dealkylation sites (tertiary alicyclic amines) is 1. The number of benzene rings is 1. The molecule has 0 radical (unpaired) electrons. The van der Waals surface area contributed by atoms with E-state index in [2.05, 4.69) is 17.0 Å². The third-order valence-electron chi connectivity index (χ3n) is 3.32. The molecule has 96 valence electrons. The quantitative estimate of drug-likeness (QED) is 0.606. The number of nitro groups is 1. The largest absolute Gasteiger partial charge is 0.292 e. The number of rotatable bonds is 4.